The molecule has 0 bridgehead atoms. The number of halogens is 3. The van der Waals surface area contributed by atoms with Gasteiger partial charge in [-0.15, -0.1) is 0 Å². The maximum absolute atomic E-state index is 14.1. The van der Waals surface area contributed by atoms with Crippen molar-refractivity contribution in [3.63, 3.8) is 0 Å². The summed E-state index contributed by atoms with van der Waals surface area (Å²) < 4.78 is 26.4. The van der Waals surface area contributed by atoms with Crippen molar-refractivity contribution in [2.75, 3.05) is 13.7 Å². The molecular weight excluding hydrogens is 760 g/mol. The highest BCUT2D eigenvalue weighted by molar-refractivity contribution is 9.11. The van der Waals surface area contributed by atoms with Crippen molar-refractivity contribution in [2.45, 2.75) is 46.4 Å². The van der Waals surface area contributed by atoms with Crippen LogP contribution < -0.4 is 29.1 Å². The third-order valence-corrected chi connectivity index (χ3v) is 9.41. The van der Waals surface area contributed by atoms with Gasteiger partial charge in [0, 0.05) is 5.02 Å². The molecule has 1 aliphatic rings. The number of allylic oxidation sites excluding steroid dienone is 1. The zero-order valence-electron chi connectivity index (χ0n) is 25.7. The molecular formula is C34H31Br2ClN2O6S. The third-order valence-electron chi connectivity index (χ3n) is 7.00. The molecule has 1 aromatic heterocycles. The molecule has 0 unspecified atom stereocenters. The van der Waals surface area contributed by atoms with Crippen molar-refractivity contribution in [1.29, 1.82) is 0 Å². The van der Waals surface area contributed by atoms with Crippen molar-refractivity contribution in [2.24, 2.45) is 4.99 Å². The Bertz CT molecular complexity index is 1980. The van der Waals surface area contributed by atoms with Gasteiger partial charge in [0.05, 0.1) is 50.6 Å². The highest BCUT2D eigenvalue weighted by Crippen LogP contribution is 2.37. The average Bonchev–Trinajstić information content (AvgIpc) is 3.30. The topological polar surface area (TPSA) is 88.4 Å². The predicted octanol–water partition coefficient (Wildman–Crippen LogP) is 7.35. The van der Waals surface area contributed by atoms with Gasteiger partial charge in [-0.1, -0.05) is 41.1 Å². The minimum absolute atomic E-state index is 0.0705. The zero-order valence-corrected chi connectivity index (χ0v) is 30.5. The number of thiazole rings is 1. The van der Waals surface area contributed by atoms with Crippen LogP contribution in [0.2, 0.25) is 5.02 Å². The minimum Gasteiger partial charge on any atom is -0.493 e. The number of ether oxygens (including phenoxy) is 4. The molecule has 8 nitrogen and oxygen atoms in total. The van der Waals surface area contributed by atoms with E-state index in [4.69, 9.17) is 30.5 Å². The first-order valence-corrected chi connectivity index (χ1v) is 17.2. The van der Waals surface area contributed by atoms with Crippen molar-refractivity contribution in [3.8, 4) is 17.2 Å². The lowest BCUT2D eigenvalue weighted by atomic mass is 9.95. The minimum atomic E-state index is -0.790. The number of hydrogen-bond donors (Lipinski definition) is 0. The summed E-state index contributed by atoms with van der Waals surface area (Å²) in [6, 6.07) is 15.8. The van der Waals surface area contributed by atoms with Crippen molar-refractivity contribution >= 4 is 66.8 Å². The lowest BCUT2D eigenvalue weighted by Crippen LogP contribution is -2.40. The van der Waals surface area contributed by atoms with Crippen LogP contribution >= 0.6 is 54.8 Å². The lowest BCUT2D eigenvalue weighted by molar-refractivity contribution is -0.139. The van der Waals surface area contributed by atoms with E-state index in [1.807, 2.05) is 56.3 Å². The fourth-order valence-corrected chi connectivity index (χ4v) is 7.62. The van der Waals surface area contributed by atoms with Crippen LogP contribution in [0.1, 0.15) is 50.4 Å². The molecule has 0 saturated heterocycles. The Morgan fingerprint density at radius 1 is 1.09 bits per heavy atom. The number of esters is 1. The summed E-state index contributed by atoms with van der Waals surface area (Å²) in [4.78, 5) is 32.6. The van der Waals surface area contributed by atoms with Crippen LogP contribution in [0.5, 0.6) is 17.2 Å². The summed E-state index contributed by atoms with van der Waals surface area (Å²) in [6.07, 6.45) is 1.72. The monoisotopic (exact) mass is 788 g/mol. The maximum Gasteiger partial charge on any atom is 0.338 e. The summed E-state index contributed by atoms with van der Waals surface area (Å²) in [6.45, 7) is 7.87. The van der Waals surface area contributed by atoms with E-state index in [2.05, 4.69) is 36.9 Å². The smallest absolute Gasteiger partial charge is 0.338 e. The molecule has 1 aliphatic heterocycles. The van der Waals surface area contributed by atoms with Crippen LogP contribution in [-0.2, 0) is 16.1 Å². The second kappa shape index (κ2) is 14.6. The van der Waals surface area contributed by atoms with E-state index in [1.54, 1.807) is 43.7 Å². The van der Waals surface area contributed by atoms with Crippen LogP contribution in [0, 0.1) is 0 Å². The molecule has 0 aliphatic carbocycles. The molecule has 12 heteroatoms. The second-order valence-corrected chi connectivity index (χ2v) is 13.8. The first kappa shape index (κ1) is 34.0. The number of carbonyl (C=O) groups excluding carboxylic acids is 1. The van der Waals surface area contributed by atoms with Crippen LogP contribution in [0.25, 0.3) is 6.08 Å². The van der Waals surface area contributed by atoms with Crippen molar-refractivity contribution in [3.05, 3.63) is 116 Å². The van der Waals surface area contributed by atoms with Gasteiger partial charge >= 0.3 is 5.97 Å². The Labute approximate surface area is 292 Å². The molecule has 240 valence electrons. The van der Waals surface area contributed by atoms with Crippen LogP contribution in [0.15, 0.2) is 84.6 Å². The number of rotatable bonds is 10. The number of nitrogens with zero attached hydrogens (tertiary/aromatic N) is 2. The Balaban J connectivity index is 1.57. The molecule has 5 rings (SSSR count). The average molecular weight is 791 g/mol. The van der Waals surface area contributed by atoms with Crippen LogP contribution in [0.4, 0.5) is 0 Å². The van der Waals surface area contributed by atoms with Gasteiger partial charge in [0.1, 0.15) is 12.4 Å². The lowest BCUT2D eigenvalue weighted by Gasteiger charge is -2.25. The van der Waals surface area contributed by atoms with E-state index in [0.29, 0.717) is 58.4 Å². The van der Waals surface area contributed by atoms with E-state index in [9.17, 15) is 9.59 Å². The van der Waals surface area contributed by atoms with E-state index < -0.39 is 12.0 Å². The molecule has 0 radical (unpaired) electrons. The van der Waals surface area contributed by atoms with Gasteiger partial charge in [-0.2, -0.15) is 0 Å². The van der Waals surface area contributed by atoms with Gasteiger partial charge in [-0.3, -0.25) is 9.36 Å². The number of benzene rings is 3. The highest BCUT2D eigenvalue weighted by Gasteiger charge is 2.34. The normalized spacial score (nSPS) is 14.6. The van der Waals surface area contributed by atoms with Gasteiger partial charge in [0.25, 0.3) is 5.56 Å². The summed E-state index contributed by atoms with van der Waals surface area (Å²) in [7, 11) is 1.55. The summed E-state index contributed by atoms with van der Waals surface area (Å²) in [5, 5.41) is 0.660. The van der Waals surface area contributed by atoms with Gasteiger partial charge in [-0.25, -0.2) is 9.79 Å². The summed E-state index contributed by atoms with van der Waals surface area (Å²) in [5.74, 6) is 1.14. The molecule has 4 aromatic rings. The Morgan fingerprint density at radius 3 is 2.41 bits per heavy atom. The molecule has 0 fully saturated rings. The quantitative estimate of drug-likeness (QED) is 0.156. The Hall–Kier alpha value is -3.38. The number of methoxy groups -OCH3 is 1. The zero-order chi connectivity index (χ0) is 33.1. The van der Waals surface area contributed by atoms with E-state index in [1.165, 1.54) is 11.3 Å². The summed E-state index contributed by atoms with van der Waals surface area (Å²) in [5.41, 5.74) is 2.86. The molecule has 0 spiro atoms. The second-order valence-electron chi connectivity index (χ2n) is 10.6. The van der Waals surface area contributed by atoms with E-state index >= 15 is 0 Å². The van der Waals surface area contributed by atoms with Crippen molar-refractivity contribution < 1.29 is 23.7 Å². The third kappa shape index (κ3) is 7.27. The molecule has 2 heterocycles. The fourth-order valence-electron chi connectivity index (χ4n) is 5.00. The SMILES string of the molecule is CCOC(=O)C1=C(C)N=c2s/c(=C\c3cc(Br)c(OCc4ccc(Cl)cc4)c(Br)c3)c(=O)n2[C@@H]1c1ccc(OC(C)C)c(OC)c1. The Kier molecular flexibility index (Phi) is 10.8. The molecule has 46 heavy (non-hydrogen) atoms. The van der Waals surface area contributed by atoms with Crippen molar-refractivity contribution in [1.82, 2.24) is 4.57 Å². The highest BCUT2D eigenvalue weighted by atomic mass is 79.9. The molecule has 0 amide bonds. The van der Waals surface area contributed by atoms with Crippen LogP contribution in [-0.4, -0.2) is 30.4 Å². The maximum atomic E-state index is 14.1. The standard InChI is InChI=1S/C34H31Br2ClN2O6S/c1-6-43-33(41)29-19(4)38-34-39(30(29)22-9-12-26(45-18(2)3)27(16-22)42-5)32(40)28(46-34)15-21-13-24(35)31(25(36)14-21)44-17-20-7-10-23(37)11-8-20/h7-16,18,30H,6,17H2,1-5H3/b28-15-/t30-/m1/s1. The molecule has 1 atom stereocenters. The number of carbonyl (C=O) groups is 1. The molecule has 0 saturated carbocycles. The van der Waals surface area contributed by atoms with E-state index in [-0.39, 0.29) is 23.8 Å². The van der Waals surface area contributed by atoms with E-state index in [0.717, 1.165) is 11.1 Å². The number of aromatic nitrogens is 1. The first-order valence-electron chi connectivity index (χ1n) is 14.4. The fraction of sp³-hybridized carbons (Fsp3) is 0.265. The predicted molar refractivity (Wildman–Crippen MR) is 187 cm³/mol. The van der Waals surface area contributed by atoms with Gasteiger partial charge in [0.2, 0.25) is 0 Å². The number of hydrogen-bond acceptors (Lipinski definition) is 8. The van der Waals surface area contributed by atoms with Gasteiger partial charge in [-0.05, 0) is 119 Å². The molecule has 0 N–H and O–H groups in total. The Morgan fingerprint density at radius 2 is 1.78 bits per heavy atom. The molecule has 3 aromatic carbocycles. The number of fused-ring (bicyclic) bond motifs is 1. The summed E-state index contributed by atoms with van der Waals surface area (Å²) >= 11 is 14.5. The largest absolute Gasteiger partial charge is 0.493 e. The van der Waals surface area contributed by atoms with Gasteiger partial charge in [0.15, 0.2) is 16.3 Å². The first-order chi connectivity index (χ1) is 22.0. The van der Waals surface area contributed by atoms with Crippen LogP contribution in [0.3, 0.4) is 0 Å². The van der Waals surface area contributed by atoms with Gasteiger partial charge < -0.3 is 18.9 Å².